The van der Waals surface area contributed by atoms with Crippen LogP contribution < -0.4 is 16.2 Å². The van der Waals surface area contributed by atoms with Gasteiger partial charge in [-0.3, -0.25) is 0 Å². The van der Waals surface area contributed by atoms with E-state index >= 15 is 0 Å². The van der Waals surface area contributed by atoms with E-state index in [0.29, 0.717) is 0 Å². The molecule has 3 heteroatoms. The minimum atomic E-state index is 0.108. The molecule has 1 atom stereocenters. The third kappa shape index (κ3) is 3.51. The summed E-state index contributed by atoms with van der Waals surface area (Å²) in [4.78, 5) is 0. The first-order valence-electron chi connectivity index (χ1n) is 5.79. The molecule has 0 saturated carbocycles. The molecule has 0 saturated heterocycles. The van der Waals surface area contributed by atoms with Crippen molar-refractivity contribution in [2.24, 2.45) is 11.5 Å². The van der Waals surface area contributed by atoms with E-state index in [-0.39, 0.29) is 6.04 Å². The van der Waals surface area contributed by atoms with Gasteiger partial charge in [-0.15, -0.1) is 0 Å². The summed E-state index contributed by atoms with van der Waals surface area (Å²) in [5.41, 5.74) is 13.9. The quantitative estimate of drug-likeness (QED) is 0.725. The Labute approximate surface area is 97.8 Å². The fourth-order valence-electron chi connectivity index (χ4n) is 1.81. The van der Waals surface area contributed by atoms with E-state index in [1.54, 1.807) is 7.11 Å². The minimum absolute atomic E-state index is 0.108. The van der Waals surface area contributed by atoms with Gasteiger partial charge in [-0.1, -0.05) is 18.6 Å². The van der Waals surface area contributed by atoms with Crippen LogP contribution in [0.2, 0.25) is 0 Å². The number of ether oxygens (including phenoxy) is 1. The Morgan fingerprint density at radius 2 is 2.06 bits per heavy atom. The fourth-order valence-corrected chi connectivity index (χ4v) is 1.81. The van der Waals surface area contributed by atoms with Crippen molar-refractivity contribution in [1.29, 1.82) is 0 Å². The lowest BCUT2D eigenvalue weighted by Gasteiger charge is -2.14. The molecule has 90 valence electrons. The SMILES string of the molecule is COc1ccc([C@H](N)CCCCN)cc1C. The zero-order valence-corrected chi connectivity index (χ0v) is 10.2. The van der Waals surface area contributed by atoms with Crippen molar-refractivity contribution in [2.45, 2.75) is 32.2 Å². The summed E-state index contributed by atoms with van der Waals surface area (Å²) in [6, 6.07) is 6.23. The van der Waals surface area contributed by atoms with Crippen LogP contribution in [0.4, 0.5) is 0 Å². The van der Waals surface area contributed by atoms with Crippen LogP contribution in [0.15, 0.2) is 18.2 Å². The van der Waals surface area contributed by atoms with Crippen molar-refractivity contribution in [3.8, 4) is 5.75 Å². The average Bonchev–Trinajstić information content (AvgIpc) is 2.29. The topological polar surface area (TPSA) is 61.3 Å². The van der Waals surface area contributed by atoms with Gasteiger partial charge in [0.15, 0.2) is 0 Å². The monoisotopic (exact) mass is 222 g/mol. The van der Waals surface area contributed by atoms with Crippen molar-refractivity contribution in [3.05, 3.63) is 29.3 Å². The number of hydrogen-bond donors (Lipinski definition) is 2. The molecule has 0 heterocycles. The molecule has 0 bridgehead atoms. The number of methoxy groups -OCH3 is 1. The maximum Gasteiger partial charge on any atom is 0.121 e. The lowest BCUT2D eigenvalue weighted by molar-refractivity contribution is 0.411. The van der Waals surface area contributed by atoms with Gasteiger partial charge < -0.3 is 16.2 Å². The van der Waals surface area contributed by atoms with Gasteiger partial charge in [0.1, 0.15) is 5.75 Å². The van der Waals surface area contributed by atoms with Crippen molar-refractivity contribution in [1.82, 2.24) is 0 Å². The van der Waals surface area contributed by atoms with Gasteiger partial charge in [0, 0.05) is 6.04 Å². The first-order chi connectivity index (χ1) is 7.69. The highest BCUT2D eigenvalue weighted by Crippen LogP contribution is 2.23. The fraction of sp³-hybridized carbons (Fsp3) is 0.538. The van der Waals surface area contributed by atoms with Gasteiger partial charge in [0.05, 0.1) is 7.11 Å². The highest BCUT2D eigenvalue weighted by Gasteiger charge is 2.07. The molecular weight excluding hydrogens is 200 g/mol. The summed E-state index contributed by atoms with van der Waals surface area (Å²) in [6.45, 7) is 2.78. The summed E-state index contributed by atoms with van der Waals surface area (Å²) in [5.74, 6) is 0.915. The molecule has 1 rings (SSSR count). The third-order valence-corrected chi connectivity index (χ3v) is 2.82. The predicted octanol–water partition coefficient (Wildman–Crippen LogP) is 2.13. The number of benzene rings is 1. The Morgan fingerprint density at radius 3 is 2.62 bits per heavy atom. The van der Waals surface area contributed by atoms with E-state index in [0.717, 1.165) is 37.1 Å². The van der Waals surface area contributed by atoms with Crippen LogP contribution in [-0.4, -0.2) is 13.7 Å². The maximum absolute atomic E-state index is 6.11. The van der Waals surface area contributed by atoms with Gasteiger partial charge in [-0.25, -0.2) is 0 Å². The number of hydrogen-bond acceptors (Lipinski definition) is 3. The van der Waals surface area contributed by atoms with Crippen LogP contribution in [0.25, 0.3) is 0 Å². The average molecular weight is 222 g/mol. The Hall–Kier alpha value is -1.06. The number of rotatable bonds is 6. The van der Waals surface area contributed by atoms with Crippen LogP contribution >= 0.6 is 0 Å². The molecule has 0 aliphatic heterocycles. The van der Waals surface area contributed by atoms with E-state index in [2.05, 4.69) is 6.07 Å². The number of aryl methyl sites for hydroxylation is 1. The van der Waals surface area contributed by atoms with Gasteiger partial charge >= 0.3 is 0 Å². The molecule has 0 aliphatic carbocycles. The summed E-state index contributed by atoms with van der Waals surface area (Å²) in [6.07, 6.45) is 3.12. The first kappa shape index (κ1) is 13.0. The molecular formula is C13H22N2O. The van der Waals surface area contributed by atoms with Crippen LogP contribution in [0.3, 0.4) is 0 Å². The van der Waals surface area contributed by atoms with Crippen LogP contribution in [-0.2, 0) is 0 Å². The standard InChI is InChI=1S/C13H22N2O/c1-10-9-11(6-7-13(10)16-2)12(15)5-3-4-8-14/h6-7,9,12H,3-5,8,14-15H2,1-2H3/t12-/m1/s1. The van der Waals surface area contributed by atoms with Gasteiger partial charge in [-0.2, -0.15) is 0 Å². The Kier molecular flexibility index (Phi) is 5.29. The molecule has 1 aromatic rings. The molecule has 0 aromatic heterocycles. The largest absolute Gasteiger partial charge is 0.496 e. The molecule has 1 aromatic carbocycles. The maximum atomic E-state index is 6.11. The second-order valence-electron chi connectivity index (χ2n) is 4.12. The normalized spacial score (nSPS) is 12.5. The highest BCUT2D eigenvalue weighted by atomic mass is 16.5. The molecule has 3 nitrogen and oxygen atoms in total. The lowest BCUT2D eigenvalue weighted by Crippen LogP contribution is -2.11. The van der Waals surface area contributed by atoms with Gasteiger partial charge in [-0.05, 0) is 43.5 Å². The Morgan fingerprint density at radius 1 is 1.31 bits per heavy atom. The summed E-state index contributed by atoms with van der Waals surface area (Å²) < 4.78 is 5.22. The zero-order valence-electron chi connectivity index (χ0n) is 10.2. The second-order valence-corrected chi connectivity index (χ2v) is 4.12. The van der Waals surface area contributed by atoms with Crippen LogP contribution in [0, 0.1) is 6.92 Å². The lowest BCUT2D eigenvalue weighted by atomic mass is 10.00. The van der Waals surface area contributed by atoms with Crippen molar-refractivity contribution < 1.29 is 4.74 Å². The molecule has 0 aliphatic rings. The summed E-state index contributed by atoms with van der Waals surface area (Å²) >= 11 is 0. The molecule has 0 unspecified atom stereocenters. The van der Waals surface area contributed by atoms with Gasteiger partial charge in [0.25, 0.3) is 0 Å². The summed E-state index contributed by atoms with van der Waals surface area (Å²) in [5, 5.41) is 0. The zero-order chi connectivity index (χ0) is 12.0. The highest BCUT2D eigenvalue weighted by molar-refractivity contribution is 5.37. The van der Waals surface area contributed by atoms with E-state index in [4.69, 9.17) is 16.2 Å². The van der Waals surface area contributed by atoms with E-state index in [9.17, 15) is 0 Å². The predicted molar refractivity (Wildman–Crippen MR) is 67.6 cm³/mol. The molecule has 4 N–H and O–H groups in total. The van der Waals surface area contributed by atoms with E-state index < -0.39 is 0 Å². The second kappa shape index (κ2) is 6.51. The van der Waals surface area contributed by atoms with E-state index in [1.807, 2.05) is 19.1 Å². The number of nitrogens with two attached hydrogens (primary N) is 2. The van der Waals surface area contributed by atoms with E-state index in [1.165, 1.54) is 5.56 Å². The molecule has 0 fully saturated rings. The Bertz CT molecular complexity index is 326. The van der Waals surface area contributed by atoms with Crippen molar-refractivity contribution in [2.75, 3.05) is 13.7 Å². The molecule has 0 spiro atoms. The molecule has 16 heavy (non-hydrogen) atoms. The van der Waals surface area contributed by atoms with Crippen LogP contribution in [0.5, 0.6) is 5.75 Å². The summed E-state index contributed by atoms with van der Waals surface area (Å²) in [7, 11) is 1.68. The number of unbranched alkanes of at least 4 members (excludes halogenated alkanes) is 1. The van der Waals surface area contributed by atoms with Crippen LogP contribution in [0.1, 0.15) is 36.4 Å². The first-order valence-corrected chi connectivity index (χ1v) is 5.79. The third-order valence-electron chi connectivity index (χ3n) is 2.82. The molecule has 0 amide bonds. The Balaban J connectivity index is 2.62. The van der Waals surface area contributed by atoms with Crippen molar-refractivity contribution in [3.63, 3.8) is 0 Å². The van der Waals surface area contributed by atoms with Crippen molar-refractivity contribution >= 4 is 0 Å². The smallest absolute Gasteiger partial charge is 0.121 e. The van der Waals surface area contributed by atoms with Gasteiger partial charge in [0.2, 0.25) is 0 Å². The minimum Gasteiger partial charge on any atom is -0.496 e. The molecule has 0 radical (unpaired) electrons.